The van der Waals surface area contributed by atoms with E-state index in [4.69, 9.17) is 30.2 Å². The Balaban J connectivity index is 1.67. The van der Waals surface area contributed by atoms with Crippen molar-refractivity contribution in [2.45, 2.75) is 32.7 Å². The number of fused-ring (bicyclic) bond motifs is 2. The minimum absolute atomic E-state index is 0.0541. The summed E-state index contributed by atoms with van der Waals surface area (Å²) in [5.74, 6) is 0.0267. The molecule has 1 amide bonds. The Bertz CT molecular complexity index is 1640. The number of methoxy groups -OCH3 is 1. The molecule has 8 nitrogen and oxygen atoms in total. The van der Waals surface area contributed by atoms with Crippen LogP contribution >= 0.6 is 11.6 Å². The van der Waals surface area contributed by atoms with Crippen molar-refractivity contribution in [2.24, 2.45) is 0 Å². The van der Waals surface area contributed by atoms with E-state index in [1.165, 1.54) is 18.1 Å². The summed E-state index contributed by atoms with van der Waals surface area (Å²) < 4.78 is 22.6. The Morgan fingerprint density at radius 1 is 1.00 bits per heavy atom. The van der Waals surface area contributed by atoms with Crippen molar-refractivity contribution < 1.29 is 28.2 Å². The summed E-state index contributed by atoms with van der Waals surface area (Å²) in [6.07, 6.45) is 1.88. The van der Waals surface area contributed by atoms with Gasteiger partial charge in [-0.3, -0.25) is 14.5 Å². The zero-order chi connectivity index (χ0) is 28.4. The molecule has 1 aliphatic heterocycles. The number of nitrogens with zero attached hydrogens (tertiary/aromatic N) is 1. The van der Waals surface area contributed by atoms with Gasteiger partial charge in [0.15, 0.2) is 16.9 Å². The summed E-state index contributed by atoms with van der Waals surface area (Å²) in [5, 5.41) is 0.650. The number of hydrogen-bond donors (Lipinski definition) is 0. The topological polar surface area (TPSA) is 95.3 Å². The first-order chi connectivity index (χ1) is 19.4. The van der Waals surface area contributed by atoms with Gasteiger partial charge >= 0.3 is 5.97 Å². The predicted octanol–water partition coefficient (Wildman–Crippen LogP) is 6.56. The normalized spacial score (nSPS) is 14.3. The SMILES string of the molecule is CCCCOc1ccc(C2c3c(oc4ccc(Cl)cc4c3=O)C(=O)N2c2ccc(C(=O)OCC)cc2)cc1OC. The molecule has 0 bridgehead atoms. The van der Waals surface area contributed by atoms with Crippen LogP contribution in [0.2, 0.25) is 5.02 Å². The maximum Gasteiger partial charge on any atom is 0.338 e. The number of carbonyl (C=O) groups is 2. The van der Waals surface area contributed by atoms with Gasteiger partial charge in [0.1, 0.15) is 5.58 Å². The Morgan fingerprint density at radius 3 is 2.48 bits per heavy atom. The van der Waals surface area contributed by atoms with Crippen LogP contribution in [0.1, 0.15) is 64.8 Å². The second-order valence-electron chi connectivity index (χ2n) is 9.27. The number of carbonyl (C=O) groups excluding carboxylic acids is 2. The molecule has 0 saturated heterocycles. The molecule has 1 atom stereocenters. The van der Waals surface area contributed by atoms with Crippen LogP contribution < -0.4 is 19.8 Å². The third-order valence-electron chi connectivity index (χ3n) is 6.75. The van der Waals surface area contributed by atoms with Gasteiger partial charge in [-0.05, 0) is 73.5 Å². The van der Waals surface area contributed by atoms with Gasteiger partial charge in [0.25, 0.3) is 5.91 Å². The summed E-state index contributed by atoms with van der Waals surface area (Å²) in [4.78, 5) is 41.5. The van der Waals surface area contributed by atoms with Crippen LogP contribution in [-0.4, -0.2) is 32.2 Å². The molecule has 0 aliphatic carbocycles. The van der Waals surface area contributed by atoms with Crippen molar-refractivity contribution in [1.29, 1.82) is 0 Å². The molecule has 206 valence electrons. The van der Waals surface area contributed by atoms with E-state index >= 15 is 0 Å². The Morgan fingerprint density at radius 2 is 1.77 bits per heavy atom. The van der Waals surface area contributed by atoms with Crippen molar-refractivity contribution in [3.63, 3.8) is 0 Å². The highest BCUT2D eigenvalue weighted by Crippen LogP contribution is 2.43. The molecule has 0 spiro atoms. The molecule has 2 heterocycles. The van der Waals surface area contributed by atoms with Gasteiger partial charge in [-0.2, -0.15) is 0 Å². The van der Waals surface area contributed by atoms with Crippen molar-refractivity contribution in [1.82, 2.24) is 0 Å². The minimum Gasteiger partial charge on any atom is -0.493 e. The highest BCUT2D eigenvalue weighted by atomic mass is 35.5. The van der Waals surface area contributed by atoms with Crippen LogP contribution in [-0.2, 0) is 4.74 Å². The van der Waals surface area contributed by atoms with E-state index < -0.39 is 17.9 Å². The standard InChI is InChI=1S/C31H28ClNO7/c1-4-6-15-39-24-13-9-19(16-25(24)37-3)27-26-28(34)22-17-20(32)10-14-23(22)40-29(26)30(35)33(27)21-11-7-18(8-12-21)31(36)38-5-2/h7-14,16-17,27H,4-6,15H2,1-3H3. The number of benzene rings is 3. The molecule has 0 radical (unpaired) electrons. The summed E-state index contributed by atoms with van der Waals surface area (Å²) in [6, 6.07) is 15.7. The lowest BCUT2D eigenvalue weighted by molar-refractivity contribution is 0.0526. The molecule has 5 rings (SSSR count). The molecule has 3 aromatic carbocycles. The summed E-state index contributed by atoms with van der Waals surface area (Å²) in [6.45, 7) is 4.58. The maximum absolute atomic E-state index is 13.9. The monoisotopic (exact) mass is 561 g/mol. The molecule has 1 aliphatic rings. The van der Waals surface area contributed by atoms with E-state index in [1.54, 1.807) is 61.5 Å². The minimum atomic E-state index is -0.839. The number of rotatable bonds is 9. The molecule has 0 N–H and O–H groups in total. The Kier molecular flexibility index (Phi) is 7.80. The van der Waals surface area contributed by atoms with E-state index in [9.17, 15) is 14.4 Å². The van der Waals surface area contributed by atoms with Gasteiger partial charge in [-0.15, -0.1) is 0 Å². The van der Waals surface area contributed by atoms with Crippen LogP contribution in [0, 0.1) is 0 Å². The van der Waals surface area contributed by atoms with Gasteiger partial charge in [0.2, 0.25) is 5.76 Å². The van der Waals surface area contributed by atoms with Gasteiger partial charge in [0.05, 0.1) is 42.9 Å². The van der Waals surface area contributed by atoms with E-state index in [1.807, 2.05) is 0 Å². The zero-order valence-corrected chi connectivity index (χ0v) is 23.1. The quantitative estimate of drug-likeness (QED) is 0.169. The lowest BCUT2D eigenvalue weighted by Gasteiger charge is -2.26. The van der Waals surface area contributed by atoms with E-state index in [0.717, 1.165) is 12.8 Å². The predicted molar refractivity (Wildman–Crippen MR) is 152 cm³/mol. The van der Waals surface area contributed by atoms with Crippen molar-refractivity contribution in [3.05, 3.63) is 98.4 Å². The Labute approximate surface area is 236 Å². The number of anilines is 1. The average molecular weight is 562 g/mol. The number of halogens is 1. The third kappa shape index (κ3) is 4.91. The molecule has 4 aromatic rings. The van der Waals surface area contributed by atoms with Gasteiger partial charge in [-0.1, -0.05) is 31.0 Å². The first-order valence-corrected chi connectivity index (χ1v) is 13.4. The highest BCUT2D eigenvalue weighted by molar-refractivity contribution is 6.31. The fraction of sp³-hybridized carbons (Fsp3) is 0.258. The highest BCUT2D eigenvalue weighted by Gasteiger charge is 2.44. The number of hydrogen-bond acceptors (Lipinski definition) is 7. The smallest absolute Gasteiger partial charge is 0.338 e. The second kappa shape index (κ2) is 11.4. The molecule has 9 heteroatoms. The number of esters is 1. The number of unbranched alkanes of at least 4 members (excludes halogenated alkanes) is 1. The van der Waals surface area contributed by atoms with Crippen LogP contribution in [0.5, 0.6) is 11.5 Å². The van der Waals surface area contributed by atoms with Crippen LogP contribution in [0.3, 0.4) is 0 Å². The number of ether oxygens (including phenoxy) is 3. The summed E-state index contributed by atoms with van der Waals surface area (Å²) in [5.41, 5.74) is 1.53. The molecular formula is C31H28ClNO7. The molecule has 0 fully saturated rings. The van der Waals surface area contributed by atoms with Crippen LogP contribution in [0.25, 0.3) is 11.0 Å². The average Bonchev–Trinajstić information content (AvgIpc) is 3.26. The van der Waals surface area contributed by atoms with E-state index in [-0.39, 0.29) is 34.3 Å². The van der Waals surface area contributed by atoms with Gasteiger partial charge in [-0.25, -0.2) is 4.79 Å². The summed E-state index contributed by atoms with van der Waals surface area (Å²) >= 11 is 6.19. The fourth-order valence-corrected chi connectivity index (χ4v) is 4.97. The second-order valence-corrected chi connectivity index (χ2v) is 9.71. The van der Waals surface area contributed by atoms with E-state index in [2.05, 4.69) is 6.92 Å². The molecule has 1 aromatic heterocycles. The first-order valence-electron chi connectivity index (χ1n) is 13.1. The van der Waals surface area contributed by atoms with Gasteiger partial charge in [0, 0.05) is 10.7 Å². The Hall–Kier alpha value is -4.30. The van der Waals surface area contributed by atoms with Crippen LogP contribution in [0.4, 0.5) is 5.69 Å². The largest absolute Gasteiger partial charge is 0.493 e. The molecular weight excluding hydrogens is 534 g/mol. The van der Waals surface area contributed by atoms with Crippen LogP contribution in [0.15, 0.2) is 69.9 Å². The first kappa shape index (κ1) is 27.3. The van der Waals surface area contributed by atoms with Gasteiger partial charge < -0.3 is 18.6 Å². The van der Waals surface area contributed by atoms with Crippen molar-refractivity contribution in [2.75, 3.05) is 25.2 Å². The van der Waals surface area contributed by atoms with Crippen molar-refractivity contribution in [3.8, 4) is 11.5 Å². The molecule has 40 heavy (non-hydrogen) atoms. The maximum atomic E-state index is 13.9. The third-order valence-corrected chi connectivity index (χ3v) is 6.98. The molecule has 1 unspecified atom stereocenters. The lowest BCUT2D eigenvalue weighted by atomic mass is 9.97. The molecule has 0 saturated carbocycles. The number of amides is 1. The fourth-order valence-electron chi connectivity index (χ4n) is 4.80. The summed E-state index contributed by atoms with van der Waals surface area (Å²) in [7, 11) is 1.54. The van der Waals surface area contributed by atoms with Crippen molar-refractivity contribution >= 4 is 40.1 Å². The van der Waals surface area contributed by atoms with E-state index in [0.29, 0.717) is 39.9 Å². The zero-order valence-electron chi connectivity index (χ0n) is 22.4. The lowest BCUT2D eigenvalue weighted by Crippen LogP contribution is -2.29.